The largest absolute Gasteiger partial charge is 0.346 e. The van der Waals surface area contributed by atoms with Crippen molar-refractivity contribution in [3.05, 3.63) is 22.0 Å². The van der Waals surface area contributed by atoms with Gasteiger partial charge in [0.15, 0.2) is 0 Å². The van der Waals surface area contributed by atoms with Crippen LogP contribution in [0.15, 0.2) is 16.3 Å². The van der Waals surface area contributed by atoms with E-state index in [2.05, 4.69) is 39.9 Å². The topological polar surface area (TPSA) is 99.2 Å². The van der Waals surface area contributed by atoms with Crippen LogP contribution in [0.4, 0.5) is 0 Å². The van der Waals surface area contributed by atoms with Crippen LogP contribution in [0.3, 0.4) is 0 Å². The Bertz CT molecular complexity index is 615. The van der Waals surface area contributed by atoms with Crippen molar-refractivity contribution >= 4 is 28.6 Å². The van der Waals surface area contributed by atoms with Crippen molar-refractivity contribution in [2.45, 2.75) is 26.3 Å². The molecule has 4 N–H and O–H groups in total. The summed E-state index contributed by atoms with van der Waals surface area (Å²) >= 11 is 2.93. The quantitative estimate of drug-likeness (QED) is 0.378. The van der Waals surface area contributed by atoms with Gasteiger partial charge in [-0.05, 0) is 18.9 Å². The fourth-order valence-electron chi connectivity index (χ4n) is 2.06. The number of amides is 1. The summed E-state index contributed by atoms with van der Waals surface area (Å²) in [5.74, 6) is 0.138. The molecule has 0 aromatic carbocycles. The lowest BCUT2D eigenvalue weighted by atomic mass is 10.0. The van der Waals surface area contributed by atoms with Crippen molar-refractivity contribution in [1.82, 2.24) is 26.1 Å². The van der Waals surface area contributed by atoms with E-state index in [0.29, 0.717) is 24.7 Å². The summed E-state index contributed by atoms with van der Waals surface area (Å²) in [5, 5.41) is 19.3. The number of nitrogens with one attached hydrogen (secondary N) is 3. The van der Waals surface area contributed by atoms with Crippen molar-refractivity contribution in [3.8, 4) is 10.7 Å². The van der Waals surface area contributed by atoms with Gasteiger partial charge in [0.2, 0.25) is 0 Å². The second-order valence-electron chi connectivity index (χ2n) is 5.70. The van der Waals surface area contributed by atoms with Gasteiger partial charge in [-0.3, -0.25) is 4.79 Å². The number of carbonyl (C=O) groups is 1. The molecule has 0 aliphatic rings. The van der Waals surface area contributed by atoms with E-state index in [1.54, 1.807) is 10.9 Å². The molecule has 0 saturated carbocycles. The summed E-state index contributed by atoms with van der Waals surface area (Å²) in [5.41, 5.74) is 5.12. The Morgan fingerprint density at radius 2 is 2.17 bits per heavy atom. The summed E-state index contributed by atoms with van der Waals surface area (Å²) in [4.78, 5) is 21.0. The van der Waals surface area contributed by atoms with Gasteiger partial charge in [-0.25, -0.2) is 15.4 Å². The van der Waals surface area contributed by atoms with Crippen LogP contribution < -0.4 is 16.1 Å². The van der Waals surface area contributed by atoms with Gasteiger partial charge >= 0.3 is 0 Å². The van der Waals surface area contributed by atoms with Gasteiger partial charge in [0.05, 0.1) is 5.51 Å². The third-order valence-electron chi connectivity index (χ3n) is 3.52. The highest BCUT2D eigenvalue weighted by Gasteiger charge is 2.19. The average molecular weight is 370 g/mol. The van der Waals surface area contributed by atoms with Crippen molar-refractivity contribution in [2.24, 2.45) is 5.92 Å². The molecule has 0 aliphatic heterocycles. The van der Waals surface area contributed by atoms with E-state index in [1.807, 2.05) is 5.38 Å². The first-order valence-corrected chi connectivity index (χ1v) is 9.66. The molecule has 0 radical (unpaired) electrons. The van der Waals surface area contributed by atoms with E-state index in [1.165, 1.54) is 22.7 Å². The first-order valence-electron chi connectivity index (χ1n) is 7.84. The predicted molar refractivity (Wildman–Crippen MR) is 96.6 cm³/mol. The number of thiazole rings is 2. The second kappa shape index (κ2) is 9.80. The monoisotopic (exact) mass is 369 g/mol. The van der Waals surface area contributed by atoms with Crippen molar-refractivity contribution in [1.29, 1.82) is 0 Å². The Morgan fingerprint density at radius 1 is 1.33 bits per heavy atom. The molecule has 0 fully saturated rings. The molecule has 24 heavy (non-hydrogen) atoms. The Morgan fingerprint density at radius 3 is 2.83 bits per heavy atom. The number of rotatable bonds is 10. The molecule has 0 saturated heterocycles. The van der Waals surface area contributed by atoms with Gasteiger partial charge in [-0.2, -0.15) is 0 Å². The molecular weight excluding hydrogens is 346 g/mol. The van der Waals surface area contributed by atoms with Gasteiger partial charge in [-0.1, -0.05) is 13.8 Å². The number of hydroxylamine groups is 1. The maximum absolute atomic E-state index is 12.4. The molecule has 132 valence electrons. The average Bonchev–Trinajstić information content (AvgIpc) is 3.23. The molecular formula is C15H23N5O2S2. The van der Waals surface area contributed by atoms with Gasteiger partial charge in [0.1, 0.15) is 16.4 Å². The third-order valence-corrected chi connectivity index (χ3v) is 4.97. The lowest BCUT2D eigenvalue weighted by Gasteiger charge is -2.22. The molecule has 2 heterocycles. The zero-order valence-electron chi connectivity index (χ0n) is 13.8. The van der Waals surface area contributed by atoms with Gasteiger partial charge in [-0.15, -0.1) is 22.7 Å². The molecule has 2 rings (SSSR count). The van der Waals surface area contributed by atoms with Crippen LogP contribution >= 0.6 is 22.7 Å². The lowest BCUT2D eigenvalue weighted by molar-refractivity contribution is 0.0921. The Hall–Kier alpha value is -1.39. The van der Waals surface area contributed by atoms with Crippen molar-refractivity contribution in [3.63, 3.8) is 0 Å². The van der Waals surface area contributed by atoms with E-state index in [-0.39, 0.29) is 11.9 Å². The highest BCUT2D eigenvalue weighted by molar-refractivity contribution is 7.14. The summed E-state index contributed by atoms with van der Waals surface area (Å²) < 4.78 is 0. The van der Waals surface area contributed by atoms with Gasteiger partial charge in [0.25, 0.3) is 5.91 Å². The smallest absolute Gasteiger partial charge is 0.271 e. The summed E-state index contributed by atoms with van der Waals surface area (Å²) in [7, 11) is 0. The molecule has 0 bridgehead atoms. The Labute approximate surface area is 149 Å². The minimum atomic E-state index is -0.162. The molecule has 2 aromatic heterocycles. The molecule has 1 unspecified atom stereocenters. The standard InChI is InChI=1S/C15H23N5O2S2/c1-10(2)11(6-16-4-3-5-18-22)19-14(21)12-8-24-15(20-12)13-7-23-9-17-13/h7-11,16,18,22H,3-6H2,1-2H3,(H,19,21). The van der Waals surface area contributed by atoms with Crippen LogP contribution in [0.5, 0.6) is 0 Å². The molecule has 1 atom stereocenters. The van der Waals surface area contributed by atoms with Crippen LogP contribution in [-0.4, -0.2) is 46.8 Å². The molecule has 2 aromatic rings. The highest BCUT2D eigenvalue weighted by Crippen LogP contribution is 2.23. The summed E-state index contributed by atoms with van der Waals surface area (Å²) in [6.07, 6.45) is 0.818. The molecule has 9 heteroatoms. The first-order chi connectivity index (χ1) is 11.6. The first kappa shape index (κ1) is 18.9. The number of carbonyl (C=O) groups excluding carboxylic acids is 1. The van der Waals surface area contributed by atoms with Gasteiger partial charge < -0.3 is 15.8 Å². The third kappa shape index (κ3) is 5.60. The van der Waals surface area contributed by atoms with Crippen LogP contribution in [0, 0.1) is 5.92 Å². The lowest BCUT2D eigenvalue weighted by Crippen LogP contribution is -2.45. The fourth-order valence-corrected chi connectivity index (χ4v) is 3.44. The number of nitrogens with zero attached hydrogens (tertiary/aromatic N) is 2. The van der Waals surface area contributed by atoms with E-state index in [0.717, 1.165) is 23.7 Å². The van der Waals surface area contributed by atoms with E-state index in [9.17, 15) is 4.79 Å². The molecule has 7 nitrogen and oxygen atoms in total. The van der Waals surface area contributed by atoms with Crippen LogP contribution in [0.1, 0.15) is 30.8 Å². The Kier molecular flexibility index (Phi) is 7.73. The minimum absolute atomic E-state index is 0.0176. The molecule has 1 amide bonds. The molecule has 0 aliphatic carbocycles. The van der Waals surface area contributed by atoms with Crippen molar-refractivity contribution < 1.29 is 10.0 Å². The summed E-state index contributed by atoms with van der Waals surface area (Å²) in [6, 6.07) is 0.0176. The zero-order valence-corrected chi connectivity index (χ0v) is 15.4. The van der Waals surface area contributed by atoms with E-state index >= 15 is 0 Å². The van der Waals surface area contributed by atoms with Crippen LogP contribution in [-0.2, 0) is 0 Å². The highest BCUT2D eigenvalue weighted by atomic mass is 32.1. The molecule has 0 spiro atoms. The number of aromatic nitrogens is 2. The van der Waals surface area contributed by atoms with Crippen molar-refractivity contribution in [2.75, 3.05) is 19.6 Å². The number of hydrogen-bond acceptors (Lipinski definition) is 8. The predicted octanol–water partition coefficient (Wildman–Crippen LogP) is 1.98. The van der Waals surface area contributed by atoms with Crippen LogP contribution in [0.25, 0.3) is 10.7 Å². The zero-order chi connectivity index (χ0) is 17.4. The normalized spacial score (nSPS) is 12.5. The van der Waals surface area contributed by atoms with Gasteiger partial charge in [0, 0.05) is 29.9 Å². The minimum Gasteiger partial charge on any atom is -0.346 e. The summed E-state index contributed by atoms with van der Waals surface area (Å²) in [6.45, 7) is 6.15. The Balaban J connectivity index is 1.88. The second-order valence-corrected chi connectivity index (χ2v) is 7.28. The fraction of sp³-hybridized carbons (Fsp3) is 0.533. The SMILES string of the molecule is CC(C)C(CNCCCNO)NC(=O)c1csc(-c2cscn2)n1. The maximum atomic E-state index is 12.4. The van der Waals surface area contributed by atoms with E-state index in [4.69, 9.17) is 5.21 Å². The maximum Gasteiger partial charge on any atom is 0.271 e. The van der Waals surface area contributed by atoms with E-state index < -0.39 is 0 Å². The number of hydrogen-bond donors (Lipinski definition) is 4. The van der Waals surface area contributed by atoms with Crippen LogP contribution in [0.2, 0.25) is 0 Å².